The summed E-state index contributed by atoms with van der Waals surface area (Å²) in [5, 5.41) is 10.8. The molecule has 4 heteroatoms. The zero-order valence-corrected chi connectivity index (χ0v) is 13.0. The summed E-state index contributed by atoms with van der Waals surface area (Å²) in [6.07, 6.45) is 3.31. The van der Waals surface area contributed by atoms with E-state index in [9.17, 15) is 5.11 Å². The standard InChI is InChI=1S/C17H28N2O2/c1-2-21-16-9-6-11-19(13-16)12-10-17(20,14-18)15-7-4-3-5-8-15/h3-5,7-8,16,20H,2,6,9-14,18H2,1H3. The van der Waals surface area contributed by atoms with E-state index in [1.165, 1.54) is 0 Å². The van der Waals surface area contributed by atoms with Gasteiger partial charge in [0.05, 0.1) is 6.10 Å². The monoisotopic (exact) mass is 292 g/mol. The second-order valence-corrected chi connectivity index (χ2v) is 5.87. The molecule has 118 valence electrons. The first-order valence-electron chi connectivity index (χ1n) is 8.00. The summed E-state index contributed by atoms with van der Waals surface area (Å²) in [6, 6.07) is 9.75. The van der Waals surface area contributed by atoms with Crippen molar-refractivity contribution in [2.75, 3.05) is 32.8 Å². The highest BCUT2D eigenvalue weighted by atomic mass is 16.5. The van der Waals surface area contributed by atoms with Gasteiger partial charge in [-0.05, 0) is 38.3 Å². The number of rotatable bonds is 7. The average Bonchev–Trinajstić information content (AvgIpc) is 2.54. The van der Waals surface area contributed by atoms with Crippen molar-refractivity contribution >= 4 is 0 Å². The lowest BCUT2D eigenvalue weighted by Crippen LogP contribution is -2.44. The maximum absolute atomic E-state index is 10.8. The molecule has 1 heterocycles. The third-order valence-corrected chi connectivity index (χ3v) is 4.36. The fraction of sp³-hybridized carbons (Fsp3) is 0.647. The Bertz CT molecular complexity index is 411. The third kappa shape index (κ3) is 4.51. The van der Waals surface area contributed by atoms with Gasteiger partial charge in [0.1, 0.15) is 5.60 Å². The third-order valence-electron chi connectivity index (χ3n) is 4.36. The lowest BCUT2D eigenvalue weighted by atomic mass is 9.90. The Balaban J connectivity index is 1.91. The first-order valence-corrected chi connectivity index (χ1v) is 8.00. The van der Waals surface area contributed by atoms with Crippen LogP contribution in [0, 0.1) is 0 Å². The molecule has 1 aromatic carbocycles. The number of aliphatic hydroxyl groups is 1. The summed E-state index contributed by atoms with van der Waals surface area (Å²) in [4.78, 5) is 2.38. The van der Waals surface area contributed by atoms with Crippen LogP contribution in [0.1, 0.15) is 31.7 Å². The van der Waals surface area contributed by atoms with Crippen LogP contribution < -0.4 is 5.73 Å². The molecule has 1 aromatic rings. The molecule has 1 saturated heterocycles. The molecule has 1 aliphatic rings. The van der Waals surface area contributed by atoms with E-state index in [1.54, 1.807) is 0 Å². The van der Waals surface area contributed by atoms with Crippen LogP contribution in [0.5, 0.6) is 0 Å². The Labute approximate surface area is 127 Å². The molecular formula is C17H28N2O2. The van der Waals surface area contributed by atoms with Crippen molar-refractivity contribution in [3.8, 4) is 0 Å². The zero-order valence-electron chi connectivity index (χ0n) is 13.0. The zero-order chi connectivity index (χ0) is 15.1. The Hall–Kier alpha value is -0.940. The molecule has 0 saturated carbocycles. The van der Waals surface area contributed by atoms with Crippen LogP contribution in [0.4, 0.5) is 0 Å². The summed E-state index contributed by atoms with van der Waals surface area (Å²) in [5.41, 5.74) is 5.81. The van der Waals surface area contributed by atoms with Gasteiger partial charge in [0.15, 0.2) is 0 Å². The Morgan fingerprint density at radius 2 is 2.14 bits per heavy atom. The Morgan fingerprint density at radius 1 is 1.38 bits per heavy atom. The smallest absolute Gasteiger partial charge is 0.103 e. The fourth-order valence-electron chi connectivity index (χ4n) is 3.04. The SMILES string of the molecule is CCOC1CCCN(CCC(O)(CN)c2ccccc2)C1. The van der Waals surface area contributed by atoms with E-state index in [2.05, 4.69) is 4.90 Å². The Morgan fingerprint density at radius 3 is 2.81 bits per heavy atom. The van der Waals surface area contributed by atoms with Gasteiger partial charge >= 0.3 is 0 Å². The highest BCUT2D eigenvalue weighted by Gasteiger charge is 2.29. The van der Waals surface area contributed by atoms with Crippen LogP contribution >= 0.6 is 0 Å². The molecule has 0 aromatic heterocycles. The summed E-state index contributed by atoms with van der Waals surface area (Å²) in [6.45, 7) is 5.96. The molecule has 2 atom stereocenters. The van der Waals surface area contributed by atoms with E-state index in [0.717, 1.165) is 44.6 Å². The van der Waals surface area contributed by atoms with Gasteiger partial charge in [-0.3, -0.25) is 0 Å². The van der Waals surface area contributed by atoms with Crippen LogP contribution in [0.15, 0.2) is 30.3 Å². The number of piperidine rings is 1. The fourth-order valence-corrected chi connectivity index (χ4v) is 3.04. The molecule has 3 N–H and O–H groups in total. The minimum absolute atomic E-state index is 0.250. The summed E-state index contributed by atoms with van der Waals surface area (Å²) in [5.74, 6) is 0. The van der Waals surface area contributed by atoms with Gasteiger partial charge in [-0.1, -0.05) is 30.3 Å². The highest BCUT2D eigenvalue weighted by Crippen LogP contribution is 2.25. The number of hydrogen-bond donors (Lipinski definition) is 2. The van der Waals surface area contributed by atoms with E-state index in [4.69, 9.17) is 10.5 Å². The molecule has 0 bridgehead atoms. The molecule has 0 radical (unpaired) electrons. The number of benzene rings is 1. The normalized spacial score (nSPS) is 22.9. The summed E-state index contributed by atoms with van der Waals surface area (Å²) in [7, 11) is 0. The quantitative estimate of drug-likeness (QED) is 0.803. The number of ether oxygens (including phenoxy) is 1. The molecule has 4 nitrogen and oxygen atoms in total. The maximum atomic E-state index is 10.8. The van der Waals surface area contributed by atoms with Crippen LogP contribution in [-0.4, -0.2) is 48.9 Å². The van der Waals surface area contributed by atoms with Gasteiger partial charge in [-0.25, -0.2) is 0 Å². The predicted molar refractivity (Wildman–Crippen MR) is 85.1 cm³/mol. The van der Waals surface area contributed by atoms with Gasteiger partial charge in [0, 0.05) is 26.2 Å². The summed E-state index contributed by atoms with van der Waals surface area (Å²) < 4.78 is 5.73. The molecule has 2 unspecified atom stereocenters. The van der Waals surface area contributed by atoms with Crippen molar-refractivity contribution in [2.45, 2.75) is 37.9 Å². The van der Waals surface area contributed by atoms with Crippen LogP contribution in [-0.2, 0) is 10.3 Å². The first kappa shape index (κ1) is 16.4. The number of nitrogens with two attached hydrogens (primary N) is 1. The first-order chi connectivity index (χ1) is 10.2. The van der Waals surface area contributed by atoms with E-state index in [-0.39, 0.29) is 6.54 Å². The van der Waals surface area contributed by atoms with Gasteiger partial charge in [-0.15, -0.1) is 0 Å². The molecule has 1 fully saturated rings. The summed E-state index contributed by atoms with van der Waals surface area (Å²) >= 11 is 0. The molecule has 1 aliphatic heterocycles. The number of hydrogen-bond acceptors (Lipinski definition) is 4. The van der Waals surface area contributed by atoms with Gasteiger partial charge in [0.2, 0.25) is 0 Å². The lowest BCUT2D eigenvalue weighted by molar-refractivity contribution is -0.0120. The second kappa shape index (κ2) is 7.90. The molecular weight excluding hydrogens is 264 g/mol. The predicted octanol–water partition coefficient (Wildman–Crippen LogP) is 1.72. The van der Waals surface area contributed by atoms with Gasteiger partial charge < -0.3 is 20.5 Å². The largest absolute Gasteiger partial charge is 0.384 e. The van der Waals surface area contributed by atoms with Crippen molar-refractivity contribution in [1.82, 2.24) is 4.90 Å². The van der Waals surface area contributed by atoms with Crippen LogP contribution in [0.2, 0.25) is 0 Å². The van der Waals surface area contributed by atoms with E-state index < -0.39 is 5.60 Å². The molecule has 0 amide bonds. The topological polar surface area (TPSA) is 58.7 Å². The van der Waals surface area contributed by atoms with E-state index in [0.29, 0.717) is 12.5 Å². The van der Waals surface area contributed by atoms with E-state index in [1.807, 2.05) is 37.3 Å². The minimum atomic E-state index is -0.931. The van der Waals surface area contributed by atoms with Crippen molar-refractivity contribution in [3.63, 3.8) is 0 Å². The van der Waals surface area contributed by atoms with Gasteiger partial charge in [0.25, 0.3) is 0 Å². The lowest BCUT2D eigenvalue weighted by Gasteiger charge is -2.35. The highest BCUT2D eigenvalue weighted by molar-refractivity contribution is 5.22. The maximum Gasteiger partial charge on any atom is 0.103 e. The molecule has 21 heavy (non-hydrogen) atoms. The van der Waals surface area contributed by atoms with Crippen molar-refractivity contribution in [2.24, 2.45) is 5.73 Å². The van der Waals surface area contributed by atoms with E-state index >= 15 is 0 Å². The minimum Gasteiger partial charge on any atom is -0.384 e. The number of likely N-dealkylation sites (tertiary alicyclic amines) is 1. The van der Waals surface area contributed by atoms with Crippen molar-refractivity contribution in [1.29, 1.82) is 0 Å². The average molecular weight is 292 g/mol. The van der Waals surface area contributed by atoms with Crippen LogP contribution in [0.3, 0.4) is 0 Å². The van der Waals surface area contributed by atoms with Crippen molar-refractivity contribution < 1.29 is 9.84 Å². The van der Waals surface area contributed by atoms with Gasteiger partial charge in [-0.2, -0.15) is 0 Å². The Kier molecular flexibility index (Phi) is 6.18. The molecule has 0 spiro atoms. The van der Waals surface area contributed by atoms with Crippen LogP contribution in [0.25, 0.3) is 0 Å². The number of nitrogens with zero attached hydrogens (tertiary/aromatic N) is 1. The molecule has 0 aliphatic carbocycles. The second-order valence-electron chi connectivity index (χ2n) is 5.87. The molecule has 2 rings (SSSR count). The van der Waals surface area contributed by atoms with Crippen molar-refractivity contribution in [3.05, 3.63) is 35.9 Å².